The smallest absolute Gasteiger partial charge is 0.143 e. The highest BCUT2D eigenvalue weighted by Crippen LogP contribution is 2.23. The van der Waals surface area contributed by atoms with Crippen molar-refractivity contribution in [2.45, 2.75) is 52.2 Å². The Hall–Kier alpha value is -0.520. The maximum atomic E-state index is 14.1. The average Bonchev–Trinajstić information content (AvgIpc) is 2.40. The molecule has 0 aliphatic carbocycles. The molecule has 0 aliphatic rings. The van der Waals surface area contributed by atoms with Gasteiger partial charge in [-0.2, -0.15) is 0 Å². The van der Waals surface area contributed by atoms with Crippen LogP contribution in [0.15, 0.2) is 16.6 Å². The van der Waals surface area contributed by atoms with E-state index in [2.05, 4.69) is 28.2 Å². The lowest BCUT2D eigenvalue weighted by atomic mass is 10.0. The summed E-state index contributed by atoms with van der Waals surface area (Å²) in [4.78, 5) is 0. The normalized spacial score (nSPS) is 13.5. The third kappa shape index (κ3) is 6.41. The molecule has 0 spiro atoms. The molecule has 0 fully saturated rings. The number of benzene rings is 1. The molecule has 0 aliphatic heterocycles. The van der Waals surface area contributed by atoms with Gasteiger partial charge in [0.2, 0.25) is 0 Å². The van der Waals surface area contributed by atoms with E-state index >= 15 is 0 Å². The first kappa shape index (κ1) is 18.5. The van der Waals surface area contributed by atoms with E-state index in [0.29, 0.717) is 6.61 Å². The fraction of sp³-hybridized carbons (Fsp3) is 0.625. The Morgan fingerprint density at radius 3 is 2.52 bits per heavy atom. The topological polar surface area (TPSA) is 21.3 Å². The van der Waals surface area contributed by atoms with Crippen LogP contribution >= 0.6 is 15.9 Å². The second kappa shape index (κ2) is 8.20. The van der Waals surface area contributed by atoms with Gasteiger partial charge >= 0.3 is 0 Å². The van der Waals surface area contributed by atoms with E-state index in [1.54, 1.807) is 0 Å². The summed E-state index contributed by atoms with van der Waals surface area (Å²) in [6, 6.07) is 2.54. The molecule has 1 atom stereocenters. The van der Waals surface area contributed by atoms with E-state index in [0.717, 1.165) is 13.0 Å². The van der Waals surface area contributed by atoms with Crippen molar-refractivity contribution >= 4 is 15.9 Å². The molecule has 0 saturated heterocycles. The van der Waals surface area contributed by atoms with Crippen LogP contribution in [-0.4, -0.2) is 24.8 Å². The van der Waals surface area contributed by atoms with Crippen molar-refractivity contribution in [3.8, 4) is 0 Å². The summed E-state index contributed by atoms with van der Waals surface area (Å²) in [6.07, 6.45) is 1.21. The van der Waals surface area contributed by atoms with Crippen molar-refractivity contribution in [2.24, 2.45) is 0 Å². The van der Waals surface area contributed by atoms with Crippen LogP contribution in [-0.2, 0) is 11.2 Å². The van der Waals surface area contributed by atoms with E-state index in [1.165, 1.54) is 12.1 Å². The number of rotatable bonds is 7. The van der Waals surface area contributed by atoms with Crippen LogP contribution in [0, 0.1) is 11.6 Å². The Bertz CT molecular complexity index is 460. The number of halogens is 3. The molecule has 0 radical (unpaired) electrons. The molecular weight excluding hydrogens is 340 g/mol. The van der Waals surface area contributed by atoms with Crippen LogP contribution < -0.4 is 5.32 Å². The van der Waals surface area contributed by atoms with Crippen LogP contribution in [0.5, 0.6) is 0 Å². The van der Waals surface area contributed by atoms with E-state index in [4.69, 9.17) is 4.74 Å². The highest BCUT2D eigenvalue weighted by molar-refractivity contribution is 9.10. The van der Waals surface area contributed by atoms with E-state index in [-0.39, 0.29) is 28.1 Å². The zero-order chi connectivity index (χ0) is 16.0. The first-order valence-electron chi connectivity index (χ1n) is 7.24. The number of ether oxygens (including phenoxy) is 1. The van der Waals surface area contributed by atoms with Gasteiger partial charge in [-0.25, -0.2) is 8.78 Å². The monoisotopic (exact) mass is 363 g/mol. The SMILES string of the molecule is CCCNC(COC(C)(C)C)Cc1c(F)ccc(Br)c1F. The van der Waals surface area contributed by atoms with Gasteiger partial charge in [0.05, 0.1) is 16.7 Å². The second-order valence-electron chi connectivity index (χ2n) is 6.10. The molecule has 1 aromatic rings. The van der Waals surface area contributed by atoms with Crippen LogP contribution in [0.3, 0.4) is 0 Å². The quantitative estimate of drug-likeness (QED) is 0.722. The largest absolute Gasteiger partial charge is 0.374 e. The lowest BCUT2D eigenvalue weighted by Gasteiger charge is -2.25. The van der Waals surface area contributed by atoms with Gasteiger partial charge in [0.25, 0.3) is 0 Å². The summed E-state index contributed by atoms with van der Waals surface area (Å²) in [7, 11) is 0. The third-order valence-corrected chi connectivity index (χ3v) is 3.60. The van der Waals surface area contributed by atoms with Crippen LogP contribution in [0.2, 0.25) is 0 Å². The standard InChI is InChI=1S/C16H24BrF2NO/c1-5-8-20-11(10-21-16(2,3)4)9-12-14(18)7-6-13(17)15(12)19/h6-7,11,20H,5,8-10H2,1-4H3. The van der Waals surface area contributed by atoms with Gasteiger partial charge in [0.1, 0.15) is 11.6 Å². The summed E-state index contributed by atoms with van der Waals surface area (Å²) >= 11 is 3.10. The van der Waals surface area contributed by atoms with Crippen molar-refractivity contribution in [2.75, 3.05) is 13.2 Å². The number of nitrogens with one attached hydrogen (secondary N) is 1. The van der Waals surface area contributed by atoms with Crippen LogP contribution in [0.4, 0.5) is 8.78 Å². The van der Waals surface area contributed by atoms with Crippen molar-refractivity contribution in [3.63, 3.8) is 0 Å². The Morgan fingerprint density at radius 1 is 1.29 bits per heavy atom. The minimum absolute atomic E-state index is 0.0930. The van der Waals surface area contributed by atoms with Gasteiger partial charge in [-0.05, 0) is 68.2 Å². The lowest BCUT2D eigenvalue weighted by molar-refractivity contribution is -0.0144. The van der Waals surface area contributed by atoms with Gasteiger partial charge in [0.15, 0.2) is 0 Å². The lowest BCUT2D eigenvalue weighted by Crippen LogP contribution is -2.39. The summed E-state index contributed by atoms with van der Waals surface area (Å²) in [5.41, 5.74) is -0.184. The van der Waals surface area contributed by atoms with Crippen molar-refractivity contribution in [3.05, 3.63) is 33.8 Å². The molecule has 1 N–H and O–H groups in total. The second-order valence-corrected chi connectivity index (χ2v) is 6.95. The third-order valence-electron chi connectivity index (χ3n) is 2.99. The minimum atomic E-state index is -0.533. The average molecular weight is 364 g/mol. The van der Waals surface area contributed by atoms with Gasteiger partial charge < -0.3 is 10.1 Å². The van der Waals surface area contributed by atoms with Crippen molar-refractivity contribution < 1.29 is 13.5 Å². The van der Waals surface area contributed by atoms with E-state index < -0.39 is 11.6 Å². The molecule has 1 aromatic carbocycles. The first-order chi connectivity index (χ1) is 9.74. The first-order valence-corrected chi connectivity index (χ1v) is 8.03. The van der Waals surface area contributed by atoms with Crippen molar-refractivity contribution in [1.29, 1.82) is 0 Å². The number of hydrogen-bond acceptors (Lipinski definition) is 2. The summed E-state index contributed by atoms with van der Waals surface area (Å²) in [5.74, 6) is -1.05. The molecule has 21 heavy (non-hydrogen) atoms. The van der Waals surface area contributed by atoms with Crippen LogP contribution in [0.1, 0.15) is 39.7 Å². The zero-order valence-electron chi connectivity index (χ0n) is 13.1. The van der Waals surface area contributed by atoms with Crippen LogP contribution in [0.25, 0.3) is 0 Å². The maximum absolute atomic E-state index is 14.1. The highest BCUT2D eigenvalue weighted by atomic mass is 79.9. The van der Waals surface area contributed by atoms with Gasteiger partial charge in [-0.1, -0.05) is 6.92 Å². The molecule has 0 heterocycles. The fourth-order valence-corrected chi connectivity index (χ4v) is 2.26. The fourth-order valence-electron chi connectivity index (χ4n) is 1.89. The van der Waals surface area contributed by atoms with E-state index in [1.807, 2.05) is 20.8 Å². The molecular formula is C16H24BrF2NO. The molecule has 0 saturated carbocycles. The van der Waals surface area contributed by atoms with Gasteiger partial charge in [0, 0.05) is 11.6 Å². The highest BCUT2D eigenvalue weighted by Gasteiger charge is 2.20. The molecule has 2 nitrogen and oxygen atoms in total. The van der Waals surface area contributed by atoms with Gasteiger partial charge in [-0.3, -0.25) is 0 Å². The Balaban J connectivity index is 2.83. The molecule has 120 valence electrons. The summed E-state index contributed by atoms with van der Waals surface area (Å²) in [6.45, 7) is 9.14. The Morgan fingerprint density at radius 2 is 1.95 bits per heavy atom. The number of hydrogen-bond donors (Lipinski definition) is 1. The summed E-state index contributed by atoms with van der Waals surface area (Å²) < 4.78 is 34.0. The predicted octanol–water partition coefficient (Wildman–Crippen LogP) is 4.45. The Kier molecular flexibility index (Phi) is 7.24. The van der Waals surface area contributed by atoms with Gasteiger partial charge in [-0.15, -0.1) is 0 Å². The zero-order valence-corrected chi connectivity index (χ0v) is 14.7. The minimum Gasteiger partial charge on any atom is -0.374 e. The molecule has 0 bridgehead atoms. The summed E-state index contributed by atoms with van der Waals surface area (Å²) in [5, 5.41) is 3.29. The van der Waals surface area contributed by atoms with Crippen molar-refractivity contribution in [1.82, 2.24) is 5.32 Å². The molecule has 1 unspecified atom stereocenters. The molecule has 1 rings (SSSR count). The van der Waals surface area contributed by atoms with E-state index in [9.17, 15) is 8.78 Å². The molecule has 0 amide bonds. The Labute approximate surface area is 134 Å². The maximum Gasteiger partial charge on any atom is 0.143 e. The predicted molar refractivity (Wildman–Crippen MR) is 85.5 cm³/mol. The molecule has 0 aromatic heterocycles. The molecule has 5 heteroatoms.